The number of aromatic nitrogens is 1. The van der Waals surface area contributed by atoms with Crippen molar-refractivity contribution in [2.45, 2.75) is 6.10 Å². The zero-order valence-corrected chi connectivity index (χ0v) is 9.73. The fourth-order valence-electron chi connectivity index (χ4n) is 1.92. The van der Waals surface area contributed by atoms with Crippen molar-refractivity contribution in [3.63, 3.8) is 0 Å². The van der Waals surface area contributed by atoms with Gasteiger partial charge in [0, 0.05) is 37.9 Å². The number of hydrogen-bond acceptors (Lipinski definition) is 7. The Labute approximate surface area is 104 Å². The van der Waals surface area contributed by atoms with Gasteiger partial charge in [0.2, 0.25) is 0 Å². The van der Waals surface area contributed by atoms with E-state index in [0.717, 1.165) is 11.2 Å². The number of hydrogen-bond donors (Lipinski definition) is 3. The number of aliphatic hydroxyl groups is 3. The van der Waals surface area contributed by atoms with Gasteiger partial charge in [-0.15, -0.1) is 0 Å². The summed E-state index contributed by atoms with van der Waals surface area (Å²) in [5.41, 5.74) is 0.545. The van der Waals surface area contributed by atoms with Crippen LogP contribution in [0.25, 0.3) is 0 Å². The maximum Gasteiger partial charge on any atom is 0.345 e. The number of carbonyl (C=O) groups excluding carboxylic acids is 1. The van der Waals surface area contributed by atoms with Crippen LogP contribution in [-0.2, 0) is 0 Å². The highest BCUT2D eigenvalue weighted by atomic mass is 16.7. The van der Waals surface area contributed by atoms with Crippen LogP contribution in [0.4, 0.5) is 5.82 Å². The molecule has 2 heterocycles. The van der Waals surface area contributed by atoms with Crippen LogP contribution in [0.3, 0.4) is 0 Å². The van der Waals surface area contributed by atoms with Crippen LogP contribution in [0.2, 0.25) is 0 Å². The van der Waals surface area contributed by atoms with Crippen LogP contribution in [0, 0.1) is 0 Å². The minimum atomic E-state index is -2.77. The Kier molecular flexibility index (Phi) is 3.58. The normalized spacial score (nSPS) is 17.8. The highest BCUT2D eigenvalue weighted by molar-refractivity contribution is 5.76. The molecule has 18 heavy (non-hydrogen) atoms. The van der Waals surface area contributed by atoms with E-state index < -0.39 is 6.10 Å². The van der Waals surface area contributed by atoms with Gasteiger partial charge in [0.05, 0.1) is 0 Å². The average Bonchev–Trinajstić information content (AvgIpc) is 2.38. The lowest BCUT2D eigenvalue weighted by Crippen LogP contribution is -2.57. The summed E-state index contributed by atoms with van der Waals surface area (Å²) in [7, 11) is 0. The van der Waals surface area contributed by atoms with Crippen molar-refractivity contribution >= 4 is 12.1 Å². The molecule has 7 nitrogen and oxygen atoms in total. The molecule has 0 unspecified atom stereocenters. The summed E-state index contributed by atoms with van der Waals surface area (Å²) in [6.07, 6.45) is -0.467. The standard InChI is InChI=1S/C11H15N3O4/c15-8-9-1-2-12-10(7-9)13-3-5-14(6-4-13)11(16,17)18/h1-2,7-8,16-18H,3-6H2. The van der Waals surface area contributed by atoms with Gasteiger partial charge in [-0.25, -0.2) is 9.88 Å². The molecular weight excluding hydrogens is 238 g/mol. The van der Waals surface area contributed by atoms with Gasteiger partial charge in [-0.3, -0.25) is 4.79 Å². The van der Waals surface area contributed by atoms with E-state index in [1.165, 1.54) is 0 Å². The molecule has 0 saturated carbocycles. The number of rotatable bonds is 3. The van der Waals surface area contributed by atoms with Gasteiger partial charge in [-0.05, 0) is 12.1 Å². The SMILES string of the molecule is O=Cc1ccnc(N2CCN(C(O)(O)O)CC2)c1. The van der Waals surface area contributed by atoms with E-state index in [-0.39, 0.29) is 13.1 Å². The molecule has 2 rings (SSSR count). The second-order valence-corrected chi connectivity index (χ2v) is 4.14. The van der Waals surface area contributed by atoms with Crippen molar-refractivity contribution in [2.75, 3.05) is 31.1 Å². The molecule has 1 aliphatic heterocycles. The summed E-state index contributed by atoms with van der Waals surface area (Å²) >= 11 is 0. The van der Waals surface area contributed by atoms with E-state index in [1.54, 1.807) is 18.3 Å². The van der Waals surface area contributed by atoms with Crippen LogP contribution in [-0.4, -0.2) is 63.8 Å². The number of aldehydes is 1. The van der Waals surface area contributed by atoms with Crippen LogP contribution >= 0.6 is 0 Å². The molecule has 1 aromatic heterocycles. The Morgan fingerprint density at radius 3 is 2.44 bits per heavy atom. The van der Waals surface area contributed by atoms with Crippen LogP contribution in [0.15, 0.2) is 18.3 Å². The van der Waals surface area contributed by atoms with E-state index >= 15 is 0 Å². The third-order valence-electron chi connectivity index (χ3n) is 2.93. The van der Waals surface area contributed by atoms with E-state index in [2.05, 4.69) is 4.98 Å². The van der Waals surface area contributed by atoms with Gasteiger partial charge in [0.25, 0.3) is 0 Å². The number of pyridine rings is 1. The minimum Gasteiger partial charge on any atom is -0.354 e. The first-order chi connectivity index (χ1) is 8.50. The smallest absolute Gasteiger partial charge is 0.345 e. The maximum absolute atomic E-state index is 10.7. The van der Waals surface area contributed by atoms with Crippen molar-refractivity contribution in [3.05, 3.63) is 23.9 Å². The van der Waals surface area contributed by atoms with Crippen molar-refractivity contribution < 1.29 is 20.1 Å². The third-order valence-corrected chi connectivity index (χ3v) is 2.93. The molecule has 1 fully saturated rings. The second-order valence-electron chi connectivity index (χ2n) is 4.14. The van der Waals surface area contributed by atoms with E-state index in [4.69, 9.17) is 15.3 Å². The summed E-state index contributed by atoms with van der Waals surface area (Å²) in [5.74, 6) is 0.665. The molecule has 0 aromatic carbocycles. The lowest BCUT2D eigenvalue weighted by atomic mass is 10.2. The average molecular weight is 253 g/mol. The van der Waals surface area contributed by atoms with Gasteiger partial charge in [-0.2, -0.15) is 0 Å². The topological polar surface area (TPSA) is 97.1 Å². The molecule has 7 heteroatoms. The van der Waals surface area contributed by atoms with Crippen molar-refractivity contribution in [1.82, 2.24) is 9.88 Å². The Morgan fingerprint density at radius 2 is 1.89 bits per heavy atom. The zero-order chi connectivity index (χ0) is 13.2. The molecule has 0 radical (unpaired) electrons. The Balaban J connectivity index is 2.03. The van der Waals surface area contributed by atoms with Gasteiger partial charge >= 0.3 is 6.10 Å². The minimum absolute atomic E-state index is 0.288. The van der Waals surface area contributed by atoms with Crippen molar-refractivity contribution in [1.29, 1.82) is 0 Å². The fraction of sp³-hybridized carbons (Fsp3) is 0.455. The summed E-state index contributed by atoms with van der Waals surface area (Å²) in [4.78, 5) is 17.9. The summed E-state index contributed by atoms with van der Waals surface area (Å²) in [6, 6.07) is 3.29. The van der Waals surface area contributed by atoms with Gasteiger partial charge < -0.3 is 20.2 Å². The summed E-state index contributed by atoms with van der Waals surface area (Å²) in [5, 5.41) is 27.1. The molecule has 0 bridgehead atoms. The van der Waals surface area contributed by atoms with Gasteiger partial charge in [0.1, 0.15) is 12.1 Å². The molecule has 1 saturated heterocycles. The van der Waals surface area contributed by atoms with Gasteiger partial charge in [-0.1, -0.05) is 0 Å². The van der Waals surface area contributed by atoms with Gasteiger partial charge in [0.15, 0.2) is 0 Å². The molecule has 0 aliphatic carbocycles. The monoisotopic (exact) mass is 253 g/mol. The fourth-order valence-corrected chi connectivity index (χ4v) is 1.92. The zero-order valence-electron chi connectivity index (χ0n) is 9.73. The summed E-state index contributed by atoms with van der Waals surface area (Å²) in [6.45, 7) is 1.55. The first-order valence-corrected chi connectivity index (χ1v) is 5.59. The maximum atomic E-state index is 10.7. The summed E-state index contributed by atoms with van der Waals surface area (Å²) < 4.78 is 0. The molecule has 98 valence electrons. The predicted molar refractivity (Wildman–Crippen MR) is 62.8 cm³/mol. The number of carbonyl (C=O) groups is 1. The molecule has 1 aliphatic rings. The number of piperazine rings is 1. The van der Waals surface area contributed by atoms with Crippen LogP contribution in [0.5, 0.6) is 0 Å². The quantitative estimate of drug-likeness (QED) is 0.450. The highest BCUT2D eigenvalue weighted by Gasteiger charge is 2.32. The Morgan fingerprint density at radius 1 is 1.22 bits per heavy atom. The lowest BCUT2D eigenvalue weighted by molar-refractivity contribution is -0.393. The molecule has 0 atom stereocenters. The molecule has 0 spiro atoms. The van der Waals surface area contributed by atoms with E-state index in [0.29, 0.717) is 24.5 Å². The first kappa shape index (κ1) is 12.9. The van der Waals surface area contributed by atoms with E-state index in [9.17, 15) is 4.79 Å². The van der Waals surface area contributed by atoms with Crippen LogP contribution in [0.1, 0.15) is 10.4 Å². The molecule has 1 aromatic rings. The van der Waals surface area contributed by atoms with Crippen molar-refractivity contribution in [2.24, 2.45) is 0 Å². The van der Waals surface area contributed by atoms with E-state index in [1.807, 2.05) is 4.90 Å². The Hall–Kier alpha value is -1.54. The number of anilines is 1. The molecule has 3 N–H and O–H groups in total. The third kappa shape index (κ3) is 2.82. The van der Waals surface area contributed by atoms with Crippen molar-refractivity contribution in [3.8, 4) is 0 Å². The predicted octanol–water partition coefficient (Wildman–Crippen LogP) is -1.40. The number of nitrogens with zero attached hydrogens (tertiary/aromatic N) is 3. The van der Waals surface area contributed by atoms with Crippen LogP contribution < -0.4 is 4.90 Å². The first-order valence-electron chi connectivity index (χ1n) is 5.59. The second kappa shape index (κ2) is 4.99. The molecular formula is C11H15N3O4. The largest absolute Gasteiger partial charge is 0.354 e. The Bertz CT molecular complexity index is 425. The lowest BCUT2D eigenvalue weighted by Gasteiger charge is -2.38. The molecule has 0 amide bonds. The highest BCUT2D eigenvalue weighted by Crippen LogP contribution is 2.16.